The summed E-state index contributed by atoms with van der Waals surface area (Å²) in [6, 6.07) is 1.77. The largest absolute Gasteiger partial charge is 0.335 e. The number of hydrogen-bond donors (Lipinski definition) is 0. The first-order chi connectivity index (χ1) is 7.54. The molecule has 0 spiro atoms. The van der Waals surface area contributed by atoms with Gasteiger partial charge in [0.2, 0.25) is 0 Å². The minimum Gasteiger partial charge on any atom is -0.335 e. The smallest absolute Gasteiger partial charge is 0.255 e. The minimum atomic E-state index is -0.0145. The lowest BCUT2D eigenvalue weighted by atomic mass is 10.2. The molecule has 0 saturated heterocycles. The number of halogens is 1. The molecule has 0 bridgehead atoms. The van der Waals surface area contributed by atoms with E-state index in [1.165, 1.54) is 0 Å². The third-order valence-electron chi connectivity index (χ3n) is 2.08. The molecule has 4 heteroatoms. The van der Waals surface area contributed by atoms with Gasteiger partial charge in [-0.1, -0.05) is 12.2 Å². The van der Waals surface area contributed by atoms with Crippen molar-refractivity contribution in [1.29, 1.82) is 0 Å². The molecular weight excluding hydrogens is 268 g/mol. The van der Waals surface area contributed by atoms with Crippen molar-refractivity contribution in [3.05, 3.63) is 40.6 Å². The summed E-state index contributed by atoms with van der Waals surface area (Å²) in [7, 11) is 0. The van der Waals surface area contributed by atoms with Crippen LogP contribution in [0.1, 0.15) is 24.2 Å². The molecule has 0 aliphatic carbocycles. The van der Waals surface area contributed by atoms with Gasteiger partial charge in [-0.2, -0.15) is 0 Å². The highest BCUT2D eigenvalue weighted by molar-refractivity contribution is 9.10. The van der Waals surface area contributed by atoms with Gasteiger partial charge in [0.1, 0.15) is 0 Å². The summed E-state index contributed by atoms with van der Waals surface area (Å²) < 4.78 is 0.810. The Bertz CT molecular complexity index is 404. The van der Waals surface area contributed by atoms with Crippen LogP contribution in [0.15, 0.2) is 35.1 Å². The Kier molecular flexibility index (Phi) is 4.68. The predicted octanol–water partition coefficient (Wildman–Crippen LogP) is 2.88. The van der Waals surface area contributed by atoms with Crippen LogP contribution >= 0.6 is 15.9 Å². The van der Waals surface area contributed by atoms with E-state index in [9.17, 15) is 4.79 Å². The lowest BCUT2D eigenvalue weighted by Gasteiger charge is -2.20. The first-order valence-corrected chi connectivity index (χ1v) is 5.88. The maximum atomic E-state index is 12.1. The summed E-state index contributed by atoms with van der Waals surface area (Å²) in [5.74, 6) is -0.0145. The number of hydrogen-bond acceptors (Lipinski definition) is 2. The SMILES string of the molecule is C=C(C)CN(CC)C(=O)c1cncc(Br)c1. The lowest BCUT2D eigenvalue weighted by molar-refractivity contribution is 0.0778. The van der Waals surface area contributed by atoms with E-state index in [-0.39, 0.29) is 5.91 Å². The van der Waals surface area contributed by atoms with Crippen molar-refractivity contribution in [2.45, 2.75) is 13.8 Å². The highest BCUT2D eigenvalue weighted by Gasteiger charge is 2.14. The number of nitrogens with zero attached hydrogens (tertiary/aromatic N) is 2. The second kappa shape index (κ2) is 5.80. The summed E-state index contributed by atoms with van der Waals surface area (Å²) in [5.41, 5.74) is 1.57. The van der Waals surface area contributed by atoms with Gasteiger partial charge in [-0.15, -0.1) is 0 Å². The van der Waals surface area contributed by atoms with Crippen LogP contribution in [0.4, 0.5) is 0 Å². The zero-order chi connectivity index (χ0) is 12.1. The quantitative estimate of drug-likeness (QED) is 0.796. The van der Waals surface area contributed by atoms with Crippen molar-refractivity contribution in [2.75, 3.05) is 13.1 Å². The van der Waals surface area contributed by atoms with Crippen molar-refractivity contribution in [3.8, 4) is 0 Å². The molecule has 3 nitrogen and oxygen atoms in total. The van der Waals surface area contributed by atoms with Crippen LogP contribution < -0.4 is 0 Å². The summed E-state index contributed by atoms with van der Waals surface area (Å²) in [4.78, 5) is 17.8. The fraction of sp³-hybridized carbons (Fsp3) is 0.333. The molecule has 0 atom stereocenters. The minimum absolute atomic E-state index is 0.0145. The van der Waals surface area contributed by atoms with Crippen molar-refractivity contribution in [1.82, 2.24) is 9.88 Å². The van der Waals surface area contributed by atoms with Crippen molar-refractivity contribution < 1.29 is 4.79 Å². The summed E-state index contributed by atoms with van der Waals surface area (Å²) >= 11 is 3.30. The molecule has 0 N–H and O–H groups in total. The molecule has 86 valence electrons. The molecule has 0 aliphatic heterocycles. The number of carbonyl (C=O) groups excluding carboxylic acids is 1. The molecule has 0 radical (unpaired) electrons. The Balaban J connectivity index is 2.86. The number of aromatic nitrogens is 1. The van der Waals surface area contributed by atoms with Gasteiger partial charge in [0.15, 0.2) is 0 Å². The maximum absolute atomic E-state index is 12.1. The Morgan fingerprint density at radius 1 is 1.56 bits per heavy atom. The zero-order valence-electron chi connectivity index (χ0n) is 9.53. The highest BCUT2D eigenvalue weighted by atomic mass is 79.9. The van der Waals surface area contributed by atoms with E-state index in [0.717, 1.165) is 10.0 Å². The molecule has 16 heavy (non-hydrogen) atoms. The van der Waals surface area contributed by atoms with E-state index in [2.05, 4.69) is 27.5 Å². The van der Waals surface area contributed by atoms with Crippen molar-refractivity contribution in [3.63, 3.8) is 0 Å². The van der Waals surface area contributed by atoms with Crippen LogP contribution in [-0.4, -0.2) is 28.9 Å². The third-order valence-corrected chi connectivity index (χ3v) is 2.52. The Morgan fingerprint density at radius 2 is 2.25 bits per heavy atom. The van der Waals surface area contributed by atoms with Gasteiger partial charge in [0.25, 0.3) is 5.91 Å². The van der Waals surface area contributed by atoms with Gasteiger partial charge in [0, 0.05) is 30.0 Å². The van der Waals surface area contributed by atoms with Crippen LogP contribution in [0.5, 0.6) is 0 Å². The highest BCUT2D eigenvalue weighted by Crippen LogP contribution is 2.12. The Hall–Kier alpha value is -1.16. The van der Waals surface area contributed by atoms with Gasteiger partial charge >= 0.3 is 0 Å². The molecule has 1 heterocycles. The van der Waals surface area contributed by atoms with Gasteiger partial charge in [0.05, 0.1) is 5.56 Å². The Labute approximate surface area is 104 Å². The Morgan fingerprint density at radius 3 is 2.75 bits per heavy atom. The number of amides is 1. The average Bonchev–Trinajstić information content (AvgIpc) is 2.24. The van der Waals surface area contributed by atoms with Gasteiger partial charge in [-0.05, 0) is 35.8 Å². The van der Waals surface area contributed by atoms with Crippen LogP contribution in [0, 0.1) is 0 Å². The van der Waals surface area contributed by atoms with Gasteiger partial charge < -0.3 is 4.90 Å². The number of pyridine rings is 1. The molecule has 0 aromatic carbocycles. The third kappa shape index (κ3) is 3.45. The molecule has 0 aliphatic rings. The second-order valence-corrected chi connectivity index (χ2v) is 4.58. The van der Waals surface area contributed by atoms with Crippen LogP contribution in [0.25, 0.3) is 0 Å². The molecule has 0 unspecified atom stereocenters. The van der Waals surface area contributed by atoms with E-state index in [4.69, 9.17) is 0 Å². The fourth-order valence-corrected chi connectivity index (χ4v) is 1.73. The van der Waals surface area contributed by atoms with E-state index in [1.54, 1.807) is 23.4 Å². The van der Waals surface area contributed by atoms with Crippen LogP contribution in [0.2, 0.25) is 0 Å². The maximum Gasteiger partial charge on any atom is 0.255 e. The molecule has 1 aromatic rings. The zero-order valence-corrected chi connectivity index (χ0v) is 11.1. The molecule has 1 aromatic heterocycles. The first-order valence-electron chi connectivity index (χ1n) is 5.08. The van der Waals surface area contributed by atoms with Crippen LogP contribution in [0.3, 0.4) is 0 Å². The average molecular weight is 283 g/mol. The van der Waals surface area contributed by atoms with Crippen molar-refractivity contribution in [2.24, 2.45) is 0 Å². The molecular formula is C12H15BrN2O. The predicted molar refractivity (Wildman–Crippen MR) is 68.3 cm³/mol. The normalized spacial score (nSPS) is 9.94. The molecule has 0 saturated carbocycles. The second-order valence-electron chi connectivity index (χ2n) is 3.67. The topological polar surface area (TPSA) is 33.2 Å². The number of carbonyl (C=O) groups is 1. The summed E-state index contributed by atoms with van der Waals surface area (Å²) in [6.45, 7) is 8.93. The number of rotatable bonds is 4. The fourth-order valence-electron chi connectivity index (χ4n) is 1.36. The summed E-state index contributed by atoms with van der Waals surface area (Å²) in [6.07, 6.45) is 3.24. The monoisotopic (exact) mass is 282 g/mol. The van der Waals surface area contributed by atoms with Crippen LogP contribution in [-0.2, 0) is 0 Å². The molecule has 0 fully saturated rings. The van der Waals surface area contributed by atoms with E-state index < -0.39 is 0 Å². The standard InChI is InChI=1S/C12H15BrN2O/c1-4-15(8-9(2)3)12(16)10-5-11(13)7-14-6-10/h5-7H,2,4,8H2,1,3H3. The van der Waals surface area contributed by atoms with Gasteiger partial charge in [-0.3, -0.25) is 9.78 Å². The van der Waals surface area contributed by atoms with Crippen molar-refractivity contribution >= 4 is 21.8 Å². The summed E-state index contributed by atoms with van der Waals surface area (Å²) in [5, 5.41) is 0. The molecule has 1 rings (SSSR count). The number of likely N-dealkylation sites (N-methyl/N-ethyl adjacent to an activating group) is 1. The molecule has 1 amide bonds. The lowest BCUT2D eigenvalue weighted by Crippen LogP contribution is -2.32. The van der Waals surface area contributed by atoms with Gasteiger partial charge in [-0.25, -0.2) is 0 Å². The van der Waals surface area contributed by atoms with E-state index >= 15 is 0 Å². The first kappa shape index (κ1) is 12.9. The van der Waals surface area contributed by atoms with E-state index in [1.807, 2.05) is 13.8 Å². The van der Waals surface area contributed by atoms with E-state index in [0.29, 0.717) is 18.7 Å².